The van der Waals surface area contributed by atoms with E-state index in [9.17, 15) is 14.7 Å². The highest BCUT2D eigenvalue weighted by Crippen LogP contribution is 2.24. The summed E-state index contributed by atoms with van der Waals surface area (Å²) in [4.78, 5) is 23.3. The monoisotopic (exact) mass is 289 g/mol. The lowest BCUT2D eigenvalue weighted by Crippen LogP contribution is -2.08. The molecule has 2 rings (SSSR count). The van der Waals surface area contributed by atoms with Gasteiger partial charge in [0.25, 0.3) is 0 Å². The van der Waals surface area contributed by atoms with E-state index >= 15 is 0 Å². The quantitative estimate of drug-likeness (QED) is 0.596. The molecule has 0 atom stereocenters. The zero-order chi connectivity index (χ0) is 14.5. The smallest absolute Gasteiger partial charge is 0.335 e. The van der Waals surface area contributed by atoms with Crippen molar-refractivity contribution in [2.24, 2.45) is 0 Å². The summed E-state index contributed by atoms with van der Waals surface area (Å²) in [6.07, 6.45) is 3.00. The van der Waals surface area contributed by atoms with Crippen LogP contribution in [0, 0.1) is 0 Å². The van der Waals surface area contributed by atoms with Crippen molar-refractivity contribution in [2.45, 2.75) is 0 Å². The molecule has 0 radical (unpaired) electrons. The van der Waals surface area contributed by atoms with Gasteiger partial charge in [-0.25, -0.2) is 4.79 Å². The Morgan fingerprint density at radius 2 is 2.05 bits per heavy atom. The van der Waals surface area contributed by atoms with E-state index in [2.05, 4.69) is 5.32 Å². The van der Waals surface area contributed by atoms with Gasteiger partial charge in [-0.15, -0.1) is 11.3 Å². The molecule has 1 amide bonds. The van der Waals surface area contributed by atoms with Crippen molar-refractivity contribution in [2.75, 3.05) is 5.32 Å². The summed E-state index contributed by atoms with van der Waals surface area (Å²) in [5, 5.41) is 22.8. The third-order valence-corrected chi connectivity index (χ3v) is 3.28. The number of phenols is 1. The first kappa shape index (κ1) is 13.8. The van der Waals surface area contributed by atoms with Crippen LogP contribution in [0.5, 0.6) is 5.75 Å². The Balaban J connectivity index is 2.06. The predicted octanol–water partition coefficient (Wildman–Crippen LogP) is 2.80. The number of hydrogen-bond acceptors (Lipinski definition) is 4. The molecule has 20 heavy (non-hydrogen) atoms. The molecule has 0 aliphatic carbocycles. The van der Waals surface area contributed by atoms with Crippen LogP contribution in [0.1, 0.15) is 15.2 Å². The molecule has 2 aromatic rings. The zero-order valence-corrected chi connectivity index (χ0v) is 11.1. The Bertz CT molecular complexity index is 662. The number of carboxylic acid groups (broad SMARTS) is 1. The van der Waals surface area contributed by atoms with Crippen LogP contribution in [0.15, 0.2) is 41.8 Å². The van der Waals surface area contributed by atoms with Crippen molar-refractivity contribution in [3.05, 3.63) is 52.2 Å². The zero-order valence-electron chi connectivity index (χ0n) is 10.2. The van der Waals surface area contributed by atoms with Crippen molar-refractivity contribution in [1.82, 2.24) is 0 Å². The Kier molecular flexibility index (Phi) is 4.17. The van der Waals surface area contributed by atoms with Gasteiger partial charge in [0.05, 0.1) is 11.3 Å². The van der Waals surface area contributed by atoms with Crippen LogP contribution in [0.25, 0.3) is 6.08 Å². The van der Waals surface area contributed by atoms with E-state index < -0.39 is 11.9 Å². The minimum absolute atomic E-state index is 0.0466. The number of rotatable bonds is 4. The maximum atomic E-state index is 11.7. The van der Waals surface area contributed by atoms with Crippen molar-refractivity contribution in [1.29, 1.82) is 0 Å². The van der Waals surface area contributed by atoms with Crippen LogP contribution < -0.4 is 5.32 Å². The minimum Gasteiger partial charge on any atom is -0.506 e. The minimum atomic E-state index is -1.14. The highest BCUT2D eigenvalue weighted by atomic mass is 32.1. The molecular formula is C14H11NO4S. The molecule has 0 saturated heterocycles. The third-order valence-electron chi connectivity index (χ3n) is 2.44. The van der Waals surface area contributed by atoms with E-state index in [1.165, 1.54) is 29.5 Å². The first-order valence-corrected chi connectivity index (χ1v) is 6.53. The van der Waals surface area contributed by atoms with Gasteiger partial charge in [0, 0.05) is 11.0 Å². The standard InChI is InChI=1S/C14H11NO4S/c16-12-8-9(14(18)19)3-5-11(12)15-13(17)6-4-10-2-1-7-20-10/h1-8,16H,(H,15,17)(H,18,19)/b6-4+. The topological polar surface area (TPSA) is 86.6 Å². The van der Waals surface area contributed by atoms with Gasteiger partial charge in [0.1, 0.15) is 5.75 Å². The molecule has 0 saturated carbocycles. The number of nitrogens with one attached hydrogen (secondary N) is 1. The number of aromatic hydroxyl groups is 1. The molecule has 102 valence electrons. The van der Waals surface area contributed by atoms with E-state index in [4.69, 9.17) is 5.11 Å². The molecule has 0 bridgehead atoms. The third kappa shape index (κ3) is 3.46. The fourth-order valence-electron chi connectivity index (χ4n) is 1.49. The number of carbonyl (C=O) groups is 2. The first-order valence-electron chi connectivity index (χ1n) is 5.65. The molecule has 3 N–H and O–H groups in total. The van der Waals surface area contributed by atoms with Crippen LogP contribution in [0.3, 0.4) is 0 Å². The van der Waals surface area contributed by atoms with Crippen LogP contribution >= 0.6 is 11.3 Å². The number of benzene rings is 1. The fourth-order valence-corrected chi connectivity index (χ4v) is 2.11. The van der Waals surface area contributed by atoms with Crippen LogP contribution in [0.2, 0.25) is 0 Å². The molecule has 6 heteroatoms. The largest absolute Gasteiger partial charge is 0.506 e. The van der Waals surface area contributed by atoms with E-state index in [-0.39, 0.29) is 17.0 Å². The maximum Gasteiger partial charge on any atom is 0.335 e. The summed E-state index contributed by atoms with van der Waals surface area (Å²) in [5.74, 6) is -1.84. The summed E-state index contributed by atoms with van der Waals surface area (Å²) in [6, 6.07) is 7.48. The number of anilines is 1. The molecule has 0 aliphatic rings. The number of phenolic OH excluding ortho intramolecular Hbond substituents is 1. The second-order valence-corrected chi connectivity index (χ2v) is 4.85. The second kappa shape index (κ2) is 6.03. The van der Waals surface area contributed by atoms with E-state index in [1.807, 2.05) is 17.5 Å². The van der Waals surface area contributed by atoms with E-state index in [0.717, 1.165) is 10.9 Å². The number of hydrogen-bond donors (Lipinski definition) is 3. The maximum absolute atomic E-state index is 11.7. The van der Waals surface area contributed by atoms with Crippen molar-refractivity contribution < 1.29 is 19.8 Å². The summed E-state index contributed by atoms with van der Waals surface area (Å²) in [6.45, 7) is 0. The van der Waals surface area contributed by atoms with Gasteiger partial charge < -0.3 is 15.5 Å². The van der Waals surface area contributed by atoms with Gasteiger partial charge in [0.2, 0.25) is 5.91 Å². The fraction of sp³-hybridized carbons (Fsp3) is 0. The van der Waals surface area contributed by atoms with Gasteiger partial charge in [-0.05, 0) is 35.7 Å². The molecule has 0 aliphatic heterocycles. The van der Waals surface area contributed by atoms with E-state index in [0.29, 0.717) is 0 Å². The molecule has 0 fully saturated rings. The van der Waals surface area contributed by atoms with Crippen LogP contribution in [-0.2, 0) is 4.79 Å². The molecular weight excluding hydrogens is 278 g/mol. The summed E-state index contributed by atoms with van der Waals surface area (Å²) < 4.78 is 0. The predicted molar refractivity (Wildman–Crippen MR) is 77.0 cm³/mol. The molecule has 1 aromatic carbocycles. The van der Waals surface area contributed by atoms with Crippen LogP contribution in [0.4, 0.5) is 5.69 Å². The normalized spacial score (nSPS) is 10.6. The summed E-state index contributed by atoms with van der Waals surface area (Å²) in [7, 11) is 0. The van der Waals surface area contributed by atoms with Crippen LogP contribution in [-0.4, -0.2) is 22.1 Å². The Morgan fingerprint density at radius 1 is 1.25 bits per heavy atom. The summed E-state index contributed by atoms with van der Waals surface area (Å²) >= 11 is 1.50. The summed E-state index contributed by atoms with van der Waals surface area (Å²) in [5.41, 5.74) is 0.116. The number of amides is 1. The highest BCUT2D eigenvalue weighted by molar-refractivity contribution is 7.10. The first-order chi connectivity index (χ1) is 9.56. The average Bonchev–Trinajstić information content (AvgIpc) is 2.91. The molecule has 0 spiro atoms. The Hall–Kier alpha value is -2.60. The van der Waals surface area contributed by atoms with E-state index in [1.54, 1.807) is 6.08 Å². The van der Waals surface area contributed by atoms with Gasteiger partial charge in [-0.2, -0.15) is 0 Å². The SMILES string of the molecule is O=C(/C=C/c1cccs1)Nc1ccc(C(=O)O)cc1O. The lowest BCUT2D eigenvalue weighted by atomic mass is 10.2. The van der Waals surface area contributed by atoms with Gasteiger partial charge >= 0.3 is 5.97 Å². The molecule has 1 aromatic heterocycles. The van der Waals surface area contributed by atoms with Crippen molar-refractivity contribution in [3.63, 3.8) is 0 Å². The molecule has 0 unspecified atom stereocenters. The number of thiophene rings is 1. The highest BCUT2D eigenvalue weighted by Gasteiger charge is 2.08. The van der Waals surface area contributed by atoms with Crippen molar-refractivity contribution in [3.8, 4) is 5.75 Å². The number of carbonyl (C=O) groups excluding carboxylic acids is 1. The van der Waals surface area contributed by atoms with Gasteiger partial charge in [0.15, 0.2) is 0 Å². The Morgan fingerprint density at radius 3 is 2.65 bits per heavy atom. The Labute approximate surface area is 118 Å². The number of aromatic carboxylic acids is 1. The lowest BCUT2D eigenvalue weighted by Gasteiger charge is -2.05. The second-order valence-electron chi connectivity index (χ2n) is 3.88. The van der Waals surface area contributed by atoms with Crippen molar-refractivity contribution >= 4 is 35.0 Å². The molecule has 5 nitrogen and oxygen atoms in total. The van der Waals surface area contributed by atoms with Gasteiger partial charge in [-0.3, -0.25) is 4.79 Å². The van der Waals surface area contributed by atoms with Gasteiger partial charge in [-0.1, -0.05) is 6.07 Å². The number of carboxylic acids is 1. The lowest BCUT2D eigenvalue weighted by molar-refractivity contribution is -0.111. The average molecular weight is 289 g/mol. The molecule has 1 heterocycles.